The number of esters is 1. The Kier molecular flexibility index (Phi) is 9.47. The summed E-state index contributed by atoms with van der Waals surface area (Å²) in [5, 5.41) is 2.80. The Morgan fingerprint density at radius 1 is 0.853 bits per heavy atom. The second-order valence-corrected chi connectivity index (χ2v) is 9.13. The van der Waals surface area contributed by atoms with Gasteiger partial charge in [0.05, 0.1) is 6.42 Å². The lowest BCUT2D eigenvalue weighted by molar-refractivity contribution is -0.148. The fourth-order valence-corrected chi connectivity index (χ4v) is 4.12. The molecule has 1 unspecified atom stereocenters. The monoisotopic (exact) mass is 475 g/mol. The summed E-state index contributed by atoms with van der Waals surface area (Å²) < 4.78 is 5.42. The summed E-state index contributed by atoms with van der Waals surface area (Å²) in [7, 11) is 0. The standard InChI is InChI=1S/C28H29NO4S/c1-3-7-25(28(32)21-8-5-4-6-9-21)33-27(31)19-18-26(30)29-22-12-16-24(17-13-22)34-23-14-10-20(2)11-15-23/h4-6,8-17,25H,3,7,18-19H2,1-2H3,(H,29,30). The van der Waals surface area contributed by atoms with Crippen molar-refractivity contribution in [2.24, 2.45) is 0 Å². The van der Waals surface area contributed by atoms with Gasteiger partial charge in [0, 0.05) is 27.5 Å². The van der Waals surface area contributed by atoms with Crippen LogP contribution in [-0.2, 0) is 14.3 Å². The first-order chi connectivity index (χ1) is 16.4. The van der Waals surface area contributed by atoms with Crippen LogP contribution in [-0.4, -0.2) is 23.8 Å². The molecule has 3 aromatic rings. The van der Waals surface area contributed by atoms with Crippen LogP contribution in [0.2, 0.25) is 0 Å². The van der Waals surface area contributed by atoms with Crippen molar-refractivity contribution in [1.29, 1.82) is 0 Å². The fraction of sp³-hybridized carbons (Fsp3) is 0.250. The van der Waals surface area contributed by atoms with E-state index in [1.807, 2.05) is 37.3 Å². The van der Waals surface area contributed by atoms with Gasteiger partial charge in [-0.05, 0) is 49.7 Å². The number of amides is 1. The average molecular weight is 476 g/mol. The third kappa shape index (κ3) is 7.89. The second kappa shape index (κ2) is 12.8. The predicted molar refractivity (Wildman–Crippen MR) is 135 cm³/mol. The van der Waals surface area contributed by atoms with Gasteiger partial charge in [-0.15, -0.1) is 0 Å². The van der Waals surface area contributed by atoms with Crippen molar-refractivity contribution in [2.45, 2.75) is 55.4 Å². The van der Waals surface area contributed by atoms with E-state index >= 15 is 0 Å². The number of benzene rings is 3. The lowest BCUT2D eigenvalue weighted by atomic mass is 10.0. The molecule has 0 fully saturated rings. The number of carbonyl (C=O) groups is 3. The molecule has 0 heterocycles. The summed E-state index contributed by atoms with van der Waals surface area (Å²) >= 11 is 1.65. The van der Waals surface area contributed by atoms with E-state index in [9.17, 15) is 14.4 Å². The molecular formula is C28H29NO4S. The highest BCUT2D eigenvalue weighted by atomic mass is 32.2. The normalized spacial score (nSPS) is 11.5. The first-order valence-corrected chi connectivity index (χ1v) is 12.2. The SMILES string of the molecule is CCCC(OC(=O)CCC(=O)Nc1ccc(Sc2ccc(C)cc2)cc1)C(=O)c1ccccc1. The van der Waals surface area contributed by atoms with Crippen LogP contribution in [0.25, 0.3) is 0 Å². The summed E-state index contributed by atoms with van der Waals surface area (Å²) in [6.07, 6.45) is 0.210. The van der Waals surface area contributed by atoms with Crippen LogP contribution in [0.4, 0.5) is 5.69 Å². The minimum Gasteiger partial charge on any atom is -0.454 e. The number of hydrogen-bond acceptors (Lipinski definition) is 5. The molecule has 0 bridgehead atoms. The molecule has 1 N–H and O–H groups in total. The molecule has 176 valence electrons. The molecule has 5 nitrogen and oxygen atoms in total. The van der Waals surface area contributed by atoms with E-state index in [1.54, 1.807) is 36.0 Å². The molecule has 34 heavy (non-hydrogen) atoms. The Bertz CT molecular complexity index is 1100. The minimum absolute atomic E-state index is 0.0168. The Hall–Kier alpha value is -3.38. The van der Waals surface area contributed by atoms with Crippen molar-refractivity contribution in [2.75, 3.05) is 5.32 Å². The number of aryl methyl sites for hydroxylation is 1. The molecule has 3 aromatic carbocycles. The Balaban J connectivity index is 1.46. The van der Waals surface area contributed by atoms with E-state index < -0.39 is 12.1 Å². The third-order valence-corrected chi connectivity index (χ3v) is 6.14. The molecule has 0 aliphatic rings. The van der Waals surface area contributed by atoms with Crippen LogP contribution in [0.1, 0.15) is 48.5 Å². The van der Waals surface area contributed by atoms with Crippen molar-refractivity contribution >= 4 is 35.1 Å². The largest absolute Gasteiger partial charge is 0.454 e. The molecule has 3 rings (SSSR count). The summed E-state index contributed by atoms with van der Waals surface area (Å²) in [5.74, 6) is -1.05. The number of carbonyl (C=O) groups excluding carboxylic acids is 3. The van der Waals surface area contributed by atoms with Gasteiger partial charge >= 0.3 is 5.97 Å². The highest BCUT2D eigenvalue weighted by molar-refractivity contribution is 7.99. The maximum absolute atomic E-state index is 12.6. The number of Topliss-reactive ketones (excluding diaryl/α,β-unsaturated/α-hetero) is 1. The summed E-state index contributed by atoms with van der Waals surface area (Å²) in [5.41, 5.74) is 2.39. The lowest BCUT2D eigenvalue weighted by Crippen LogP contribution is -2.28. The van der Waals surface area contributed by atoms with Crippen LogP contribution >= 0.6 is 11.8 Å². The van der Waals surface area contributed by atoms with Crippen LogP contribution in [0, 0.1) is 6.92 Å². The Morgan fingerprint density at radius 3 is 2.09 bits per heavy atom. The van der Waals surface area contributed by atoms with Crippen molar-refractivity contribution < 1.29 is 19.1 Å². The first-order valence-electron chi connectivity index (χ1n) is 11.4. The first kappa shape index (κ1) is 25.2. The average Bonchev–Trinajstić information content (AvgIpc) is 2.85. The second-order valence-electron chi connectivity index (χ2n) is 7.99. The topological polar surface area (TPSA) is 72.5 Å². The van der Waals surface area contributed by atoms with Crippen molar-refractivity contribution in [3.8, 4) is 0 Å². The molecule has 0 aliphatic carbocycles. The molecule has 0 saturated carbocycles. The van der Waals surface area contributed by atoms with Gasteiger partial charge in [-0.2, -0.15) is 0 Å². The fourth-order valence-electron chi connectivity index (χ4n) is 3.30. The zero-order valence-corrected chi connectivity index (χ0v) is 20.3. The molecule has 1 amide bonds. The van der Waals surface area contributed by atoms with E-state index in [-0.39, 0.29) is 24.5 Å². The number of anilines is 1. The van der Waals surface area contributed by atoms with Gasteiger partial charge in [0.2, 0.25) is 11.7 Å². The third-order valence-electron chi connectivity index (χ3n) is 5.13. The maximum Gasteiger partial charge on any atom is 0.307 e. The van der Waals surface area contributed by atoms with Crippen molar-refractivity contribution in [3.05, 3.63) is 90.0 Å². The van der Waals surface area contributed by atoms with Gasteiger partial charge in [0.1, 0.15) is 0 Å². The number of ketones is 1. The van der Waals surface area contributed by atoms with E-state index in [0.717, 1.165) is 9.79 Å². The maximum atomic E-state index is 12.6. The Labute approximate surface area is 204 Å². The van der Waals surface area contributed by atoms with E-state index in [2.05, 4.69) is 36.5 Å². The van der Waals surface area contributed by atoms with Gasteiger partial charge in [-0.25, -0.2) is 0 Å². The zero-order valence-electron chi connectivity index (χ0n) is 19.5. The summed E-state index contributed by atoms with van der Waals surface area (Å²) in [6.45, 7) is 3.98. The summed E-state index contributed by atoms with van der Waals surface area (Å²) in [4.78, 5) is 39.5. The predicted octanol–water partition coefficient (Wildman–Crippen LogP) is 6.46. The Morgan fingerprint density at radius 2 is 1.47 bits per heavy atom. The number of hydrogen-bond donors (Lipinski definition) is 1. The molecule has 0 aromatic heterocycles. The smallest absolute Gasteiger partial charge is 0.307 e. The van der Waals surface area contributed by atoms with Crippen molar-refractivity contribution in [1.82, 2.24) is 0 Å². The zero-order chi connectivity index (χ0) is 24.3. The van der Waals surface area contributed by atoms with E-state index in [0.29, 0.717) is 24.1 Å². The molecule has 6 heteroatoms. The van der Waals surface area contributed by atoms with Crippen LogP contribution in [0.5, 0.6) is 0 Å². The molecule has 0 radical (unpaired) electrons. The molecule has 0 spiro atoms. The van der Waals surface area contributed by atoms with Crippen LogP contribution < -0.4 is 5.32 Å². The molecule has 1 atom stereocenters. The lowest BCUT2D eigenvalue weighted by Gasteiger charge is -2.16. The molecule has 0 aliphatic heterocycles. The van der Waals surface area contributed by atoms with Gasteiger partial charge in [0.15, 0.2) is 6.10 Å². The molecular weight excluding hydrogens is 446 g/mol. The van der Waals surface area contributed by atoms with Crippen LogP contribution in [0.15, 0.2) is 88.7 Å². The van der Waals surface area contributed by atoms with Gasteiger partial charge in [-0.1, -0.05) is 73.1 Å². The quantitative estimate of drug-likeness (QED) is 0.254. The summed E-state index contributed by atoms with van der Waals surface area (Å²) in [6, 6.07) is 24.6. The van der Waals surface area contributed by atoms with E-state index in [4.69, 9.17) is 4.74 Å². The number of rotatable bonds is 11. The number of ether oxygens (including phenoxy) is 1. The highest BCUT2D eigenvalue weighted by Gasteiger charge is 2.23. The van der Waals surface area contributed by atoms with Crippen molar-refractivity contribution in [3.63, 3.8) is 0 Å². The van der Waals surface area contributed by atoms with Crippen LogP contribution in [0.3, 0.4) is 0 Å². The van der Waals surface area contributed by atoms with Gasteiger partial charge < -0.3 is 10.1 Å². The van der Waals surface area contributed by atoms with Gasteiger partial charge in [-0.3, -0.25) is 14.4 Å². The molecule has 0 saturated heterocycles. The van der Waals surface area contributed by atoms with E-state index in [1.165, 1.54) is 5.56 Å². The highest BCUT2D eigenvalue weighted by Crippen LogP contribution is 2.28. The minimum atomic E-state index is -0.832. The number of nitrogens with one attached hydrogen (secondary N) is 1. The van der Waals surface area contributed by atoms with Gasteiger partial charge in [0.25, 0.3) is 0 Å².